The molecule has 2 nitrogen and oxygen atoms in total. The largest absolute Gasteiger partial charge is 0.425 e. The maximum atomic E-state index is 11.9. The average Bonchev–Trinajstić information content (AvgIpc) is 2.62. The Hall–Kier alpha value is -1.80. The predicted octanol–water partition coefficient (Wildman–Crippen LogP) is 6.26. The molecule has 2 aromatic rings. The molecule has 0 N–H and O–H groups in total. The first-order valence-corrected chi connectivity index (χ1v) is 9.50. The Balaban J connectivity index is 1.98. The maximum absolute atomic E-state index is 11.9. The van der Waals surface area contributed by atoms with Gasteiger partial charge in [0.15, 0.2) is 0 Å². The van der Waals surface area contributed by atoms with E-state index in [0.29, 0.717) is 5.75 Å². The summed E-state index contributed by atoms with van der Waals surface area (Å²) in [5.74, 6) is 0.168. The standard InChI is InChI=1S/C22H27ClO2/c1-4-5-6-7-17-8-10-18(11-9-17)19-12-14-20(15-13-19)25-22(24)21(23)16(2)3/h8-16,21H,4-7H2,1-3H3. The molecule has 0 saturated heterocycles. The normalized spacial score (nSPS) is 12.2. The molecule has 2 rings (SSSR count). The third kappa shape index (κ3) is 5.89. The zero-order valence-corrected chi connectivity index (χ0v) is 16.1. The average molecular weight is 359 g/mol. The number of halogens is 1. The van der Waals surface area contributed by atoms with Crippen LogP contribution in [0.25, 0.3) is 11.1 Å². The quantitative estimate of drug-likeness (QED) is 0.241. The number of carbonyl (C=O) groups is 1. The third-order valence-electron chi connectivity index (χ3n) is 4.24. The summed E-state index contributed by atoms with van der Waals surface area (Å²) in [7, 11) is 0. The fraction of sp³-hybridized carbons (Fsp3) is 0.409. The molecule has 0 fully saturated rings. The molecule has 2 aromatic carbocycles. The summed E-state index contributed by atoms with van der Waals surface area (Å²) >= 11 is 6.03. The number of hydrogen-bond acceptors (Lipinski definition) is 2. The lowest BCUT2D eigenvalue weighted by Crippen LogP contribution is -2.25. The Kier molecular flexibility index (Phi) is 7.52. The first kappa shape index (κ1) is 19.5. The lowest BCUT2D eigenvalue weighted by atomic mass is 10.0. The Bertz CT molecular complexity index is 659. The minimum atomic E-state index is -0.625. The molecule has 0 spiro atoms. The topological polar surface area (TPSA) is 26.3 Å². The minimum absolute atomic E-state index is 0.0456. The van der Waals surface area contributed by atoms with Crippen molar-refractivity contribution in [2.24, 2.45) is 5.92 Å². The molecule has 3 heteroatoms. The van der Waals surface area contributed by atoms with Gasteiger partial charge in [0, 0.05) is 0 Å². The summed E-state index contributed by atoms with van der Waals surface area (Å²) < 4.78 is 5.33. The highest BCUT2D eigenvalue weighted by atomic mass is 35.5. The van der Waals surface area contributed by atoms with Crippen LogP contribution in [0.5, 0.6) is 5.75 Å². The van der Waals surface area contributed by atoms with Crippen molar-refractivity contribution in [2.75, 3.05) is 0 Å². The van der Waals surface area contributed by atoms with Crippen LogP contribution in [0.3, 0.4) is 0 Å². The van der Waals surface area contributed by atoms with E-state index < -0.39 is 11.3 Å². The molecular formula is C22H27ClO2. The van der Waals surface area contributed by atoms with E-state index >= 15 is 0 Å². The van der Waals surface area contributed by atoms with E-state index in [2.05, 4.69) is 31.2 Å². The summed E-state index contributed by atoms with van der Waals surface area (Å²) in [6, 6.07) is 16.2. The van der Waals surface area contributed by atoms with Crippen LogP contribution in [0.15, 0.2) is 48.5 Å². The summed E-state index contributed by atoms with van der Waals surface area (Å²) in [5.41, 5.74) is 3.64. The van der Waals surface area contributed by atoms with Gasteiger partial charge in [-0.25, -0.2) is 0 Å². The van der Waals surface area contributed by atoms with E-state index in [1.54, 1.807) is 0 Å². The monoisotopic (exact) mass is 358 g/mol. The Morgan fingerprint density at radius 3 is 2.04 bits per heavy atom. The maximum Gasteiger partial charge on any atom is 0.329 e. The van der Waals surface area contributed by atoms with Crippen LogP contribution in [-0.2, 0) is 11.2 Å². The zero-order valence-electron chi connectivity index (χ0n) is 15.3. The Morgan fingerprint density at radius 2 is 1.52 bits per heavy atom. The zero-order chi connectivity index (χ0) is 18.2. The summed E-state index contributed by atoms with van der Waals surface area (Å²) in [5, 5.41) is -0.625. The Labute approximate surface area is 156 Å². The molecule has 0 bridgehead atoms. The first-order valence-electron chi connectivity index (χ1n) is 9.06. The van der Waals surface area contributed by atoms with Gasteiger partial charge in [0.25, 0.3) is 0 Å². The molecule has 0 amide bonds. The van der Waals surface area contributed by atoms with Crippen LogP contribution >= 0.6 is 11.6 Å². The molecule has 0 aliphatic rings. The molecular weight excluding hydrogens is 332 g/mol. The first-order chi connectivity index (χ1) is 12.0. The van der Waals surface area contributed by atoms with Gasteiger partial charge in [-0.15, -0.1) is 11.6 Å². The molecule has 1 atom stereocenters. The fourth-order valence-corrected chi connectivity index (χ4v) is 2.65. The van der Waals surface area contributed by atoms with Crippen LogP contribution in [0.2, 0.25) is 0 Å². The van der Waals surface area contributed by atoms with Crippen LogP contribution < -0.4 is 4.74 Å². The van der Waals surface area contributed by atoms with E-state index in [9.17, 15) is 4.79 Å². The van der Waals surface area contributed by atoms with Crippen LogP contribution in [0, 0.1) is 5.92 Å². The third-order valence-corrected chi connectivity index (χ3v) is 4.92. The van der Waals surface area contributed by atoms with Gasteiger partial charge < -0.3 is 4.74 Å². The van der Waals surface area contributed by atoms with E-state index in [1.165, 1.54) is 24.8 Å². The van der Waals surface area contributed by atoms with Crippen molar-refractivity contribution in [3.63, 3.8) is 0 Å². The number of alkyl halides is 1. The van der Waals surface area contributed by atoms with Crippen molar-refractivity contribution in [2.45, 2.75) is 51.8 Å². The molecule has 0 aliphatic carbocycles. The second-order valence-electron chi connectivity index (χ2n) is 6.75. The highest BCUT2D eigenvalue weighted by Gasteiger charge is 2.21. The molecule has 0 aromatic heterocycles. The molecule has 134 valence electrons. The molecule has 1 unspecified atom stereocenters. The van der Waals surface area contributed by atoms with Crippen molar-refractivity contribution in [1.29, 1.82) is 0 Å². The highest BCUT2D eigenvalue weighted by Crippen LogP contribution is 2.24. The van der Waals surface area contributed by atoms with Crippen molar-refractivity contribution in [1.82, 2.24) is 0 Å². The molecule has 25 heavy (non-hydrogen) atoms. The number of rotatable bonds is 8. The molecule has 0 heterocycles. The van der Waals surface area contributed by atoms with Crippen LogP contribution in [0.1, 0.15) is 45.6 Å². The SMILES string of the molecule is CCCCCc1ccc(-c2ccc(OC(=O)C(Cl)C(C)C)cc2)cc1. The lowest BCUT2D eigenvalue weighted by molar-refractivity contribution is -0.134. The molecule has 0 saturated carbocycles. The smallest absolute Gasteiger partial charge is 0.329 e. The highest BCUT2D eigenvalue weighted by molar-refractivity contribution is 6.30. The lowest BCUT2D eigenvalue weighted by Gasteiger charge is -2.12. The van der Waals surface area contributed by atoms with Gasteiger partial charge >= 0.3 is 5.97 Å². The van der Waals surface area contributed by atoms with Crippen LogP contribution in [0.4, 0.5) is 0 Å². The number of aryl methyl sites for hydroxylation is 1. The number of carbonyl (C=O) groups excluding carboxylic acids is 1. The minimum Gasteiger partial charge on any atom is -0.425 e. The fourth-order valence-electron chi connectivity index (χ4n) is 2.60. The van der Waals surface area contributed by atoms with Gasteiger partial charge in [0.1, 0.15) is 11.1 Å². The van der Waals surface area contributed by atoms with E-state index in [0.717, 1.165) is 17.5 Å². The number of hydrogen-bond donors (Lipinski definition) is 0. The van der Waals surface area contributed by atoms with E-state index in [1.807, 2.05) is 38.1 Å². The predicted molar refractivity (Wildman–Crippen MR) is 105 cm³/mol. The van der Waals surface area contributed by atoms with Gasteiger partial charge in [-0.3, -0.25) is 4.79 Å². The van der Waals surface area contributed by atoms with E-state index in [-0.39, 0.29) is 5.92 Å². The van der Waals surface area contributed by atoms with Gasteiger partial charge in [0.05, 0.1) is 0 Å². The van der Waals surface area contributed by atoms with E-state index in [4.69, 9.17) is 16.3 Å². The number of esters is 1. The number of unbranched alkanes of at least 4 members (excludes halogenated alkanes) is 2. The summed E-state index contributed by atoms with van der Waals surface area (Å²) in [6.45, 7) is 6.02. The second-order valence-corrected chi connectivity index (χ2v) is 7.22. The van der Waals surface area contributed by atoms with Gasteiger partial charge in [-0.1, -0.05) is 70.0 Å². The van der Waals surface area contributed by atoms with Crippen molar-refractivity contribution < 1.29 is 9.53 Å². The van der Waals surface area contributed by atoms with Gasteiger partial charge in [0.2, 0.25) is 0 Å². The Morgan fingerprint density at radius 1 is 0.960 bits per heavy atom. The second kappa shape index (κ2) is 9.62. The molecule has 0 radical (unpaired) electrons. The number of ether oxygens (including phenoxy) is 1. The number of benzene rings is 2. The summed E-state index contributed by atoms with van der Waals surface area (Å²) in [4.78, 5) is 11.9. The molecule has 0 aliphatic heterocycles. The van der Waals surface area contributed by atoms with Crippen LogP contribution in [-0.4, -0.2) is 11.3 Å². The van der Waals surface area contributed by atoms with Gasteiger partial charge in [-0.05, 0) is 47.6 Å². The van der Waals surface area contributed by atoms with Gasteiger partial charge in [-0.2, -0.15) is 0 Å². The summed E-state index contributed by atoms with van der Waals surface area (Å²) in [6.07, 6.45) is 4.91. The van der Waals surface area contributed by atoms with Crippen molar-refractivity contribution in [3.05, 3.63) is 54.1 Å². The van der Waals surface area contributed by atoms with Crippen molar-refractivity contribution in [3.8, 4) is 16.9 Å². The van der Waals surface area contributed by atoms with Crippen molar-refractivity contribution >= 4 is 17.6 Å².